The lowest BCUT2D eigenvalue weighted by Crippen LogP contribution is -2.56. The number of ether oxygens (including phenoxy) is 1. The highest BCUT2D eigenvalue weighted by atomic mass is 16.6. The summed E-state index contributed by atoms with van der Waals surface area (Å²) >= 11 is 0. The summed E-state index contributed by atoms with van der Waals surface area (Å²) in [6.45, 7) is 9.19. The predicted molar refractivity (Wildman–Crippen MR) is 144 cm³/mol. The number of hydrogen-bond acceptors (Lipinski definition) is 7. The Morgan fingerprint density at radius 3 is 1.66 bits per heavy atom. The number of carbonyl (C=O) groups excluding carboxylic acids is 3. The zero-order valence-corrected chi connectivity index (χ0v) is 23.0. The third-order valence-corrected chi connectivity index (χ3v) is 4.85. The second-order valence-electron chi connectivity index (χ2n) is 10.2. The van der Waals surface area contributed by atoms with Crippen LogP contribution in [-0.4, -0.2) is 77.7 Å². The van der Waals surface area contributed by atoms with Crippen LogP contribution in [0.4, 0.5) is 4.79 Å². The van der Waals surface area contributed by atoms with Crippen molar-refractivity contribution in [3.05, 3.63) is 0 Å². The van der Waals surface area contributed by atoms with Crippen molar-refractivity contribution in [2.24, 2.45) is 38.8 Å². The van der Waals surface area contributed by atoms with Gasteiger partial charge in [-0.3, -0.25) is 19.6 Å². The van der Waals surface area contributed by atoms with E-state index in [1.807, 2.05) is 13.8 Å². The summed E-state index contributed by atoms with van der Waals surface area (Å²) in [5, 5.41) is 17.2. The number of nitrogens with two attached hydrogens (primary N) is 4. The number of rotatable bonds is 16. The molecule has 0 saturated heterocycles. The van der Waals surface area contributed by atoms with E-state index in [0.717, 1.165) is 0 Å². The van der Waals surface area contributed by atoms with Crippen molar-refractivity contribution < 1.29 is 29.0 Å². The molecule has 0 spiro atoms. The van der Waals surface area contributed by atoms with Gasteiger partial charge in [0.15, 0.2) is 11.9 Å². The fourth-order valence-electron chi connectivity index (χ4n) is 3.23. The van der Waals surface area contributed by atoms with Crippen LogP contribution in [-0.2, 0) is 19.1 Å². The number of aliphatic carboxylic acids is 1. The van der Waals surface area contributed by atoms with Crippen molar-refractivity contribution in [3.63, 3.8) is 0 Å². The molecule has 0 aliphatic rings. The molecule has 0 aliphatic heterocycles. The smallest absolute Gasteiger partial charge is 0.408 e. The summed E-state index contributed by atoms with van der Waals surface area (Å²) in [6, 6.07) is -3.35. The Morgan fingerprint density at radius 1 is 0.789 bits per heavy atom. The molecule has 0 unspecified atom stereocenters. The standard InChI is InChI=1S/C23H45N9O6/c1-13(2)12-16(32-22(37)38-23(3,4)5)18(34)30-14(8-6-10-28-20(24)25)17(33)31-15(19(35)36)9-7-11-29-21(26)27/h13-16H,6-12H2,1-5H3,(H,30,34)(H,31,33)(H,32,37)(H,35,36)(H4,24,25,28)(H4,26,27,29)/t14-,15-,16-/m0/s1. The first-order chi connectivity index (χ1) is 17.5. The number of aliphatic imine (C=N–C) groups is 2. The van der Waals surface area contributed by atoms with Crippen molar-refractivity contribution in [2.45, 2.75) is 90.4 Å². The van der Waals surface area contributed by atoms with Crippen molar-refractivity contribution in [1.82, 2.24) is 16.0 Å². The molecule has 3 atom stereocenters. The maximum absolute atomic E-state index is 13.1. The first-order valence-corrected chi connectivity index (χ1v) is 12.5. The number of amides is 3. The van der Waals surface area contributed by atoms with Crippen LogP contribution in [0.5, 0.6) is 0 Å². The van der Waals surface area contributed by atoms with E-state index in [1.165, 1.54) is 0 Å². The largest absolute Gasteiger partial charge is 0.480 e. The third kappa shape index (κ3) is 16.8. The van der Waals surface area contributed by atoms with Gasteiger partial charge in [-0.25, -0.2) is 9.59 Å². The van der Waals surface area contributed by atoms with Gasteiger partial charge in [0.25, 0.3) is 0 Å². The Hall–Kier alpha value is -3.78. The minimum absolute atomic E-state index is 0.0245. The van der Waals surface area contributed by atoms with E-state index < -0.39 is 47.6 Å². The summed E-state index contributed by atoms with van der Waals surface area (Å²) < 4.78 is 5.26. The molecule has 0 bridgehead atoms. The van der Waals surface area contributed by atoms with Gasteiger partial charge in [-0.2, -0.15) is 0 Å². The van der Waals surface area contributed by atoms with Gasteiger partial charge in [-0.05, 0) is 58.8 Å². The van der Waals surface area contributed by atoms with Crippen LogP contribution in [0.2, 0.25) is 0 Å². The average Bonchev–Trinajstić information content (AvgIpc) is 2.74. The van der Waals surface area contributed by atoms with Gasteiger partial charge in [0, 0.05) is 13.1 Å². The fraction of sp³-hybridized carbons (Fsp3) is 0.739. The molecule has 38 heavy (non-hydrogen) atoms. The van der Waals surface area contributed by atoms with Gasteiger partial charge < -0.3 is 48.7 Å². The Morgan fingerprint density at radius 2 is 1.24 bits per heavy atom. The highest BCUT2D eigenvalue weighted by Crippen LogP contribution is 2.11. The van der Waals surface area contributed by atoms with E-state index in [4.69, 9.17) is 27.7 Å². The topological polar surface area (TPSA) is 263 Å². The number of nitrogens with one attached hydrogen (secondary N) is 3. The molecule has 12 N–H and O–H groups in total. The van der Waals surface area contributed by atoms with Crippen molar-refractivity contribution in [3.8, 4) is 0 Å². The molecule has 0 saturated carbocycles. The Bertz CT molecular complexity index is 847. The summed E-state index contributed by atoms with van der Waals surface area (Å²) in [6.07, 6.45) is 0.271. The maximum atomic E-state index is 13.1. The predicted octanol–water partition coefficient (Wildman–Crippen LogP) is -0.913. The lowest BCUT2D eigenvalue weighted by atomic mass is 10.0. The van der Waals surface area contributed by atoms with E-state index in [9.17, 15) is 24.3 Å². The molecule has 0 fully saturated rings. The zero-order valence-electron chi connectivity index (χ0n) is 23.0. The normalized spacial score (nSPS) is 13.4. The van der Waals surface area contributed by atoms with Crippen LogP contribution in [0, 0.1) is 5.92 Å². The van der Waals surface area contributed by atoms with E-state index in [2.05, 4.69) is 25.9 Å². The SMILES string of the molecule is CC(C)C[C@H](NC(=O)OC(C)(C)C)C(=O)N[C@@H](CCCN=C(N)N)C(=O)N[C@@H](CCCN=C(N)N)C(=O)O. The first kappa shape index (κ1) is 34.2. The zero-order chi connectivity index (χ0) is 29.5. The second kappa shape index (κ2) is 16.9. The van der Waals surface area contributed by atoms with E-state index in [1.54, 1.807) is 20.8 Å². The van der Waals surface area contributed by atoms with Crippen LogP contribution in [0.25, 0.3) is 0 Å². The minimum atomic E-state index is -1.25. The summed E-state index contributed by atoms with van der Waals surface area (Å²) in [7, 11) is 0. The van der Waals surface area contributed by atoms with E-state index in [0.29, 0.717) is 12.8 Å². The van der Waals surface area contributed by atoms with Crippen LogP contribution in [0.3, 0.4) is 0 Å². The van der Waals surface area contributed by atoms with Crippen LogP contribution >= 0.6 is 0 Å². The summed E-state index contributed by atoms with van der Waals surface area (Å²) in [4.78, 5) is 57.9. The van der Waals surface area contributed by atoms with Crippen LogP contribution in [0.1, 0.15) is 66.7 Å². The second-order valence-corrected chi connectivity index (χ2v) is 10.2. The molecule has 0 aliphatic carbocycles. The van der Waals surface area contributed by atoms with Gasteiger partial charge in [-0.15, -0.1) is 0 Å². The first-order valence-electron chi connectivity index (χ1n) is 12.5. The number of guanidine groups is 2. The lowest BCUT2D eigenvalue weighted by Gasteiger charge is -2.26. The number of carbonyl (C=O) groups is 4. The van der Waals surface area contributed by atoms with E-state index in [-0.39, 0.29) is 50.2 Å². The average molecular weight is 544 g/mol. The molecule has 0 heterocycles. The minimum Gasteiger partial charge on any atom is -0.480 e. The maximum Gasteiger partial charge on any atom is 0.408 e. The molecule has 0 rings (SSSR count). The summed E-state index contributed by atoms with van der Waals surface area (Å²) in [5.74, 6) is -2.81. The number of carboxylic acid groups (broad SMARTS) is 1. The van der Waals surface area contributed by atoms with Gasteiger partial charge in [0.1, 0.15) is 23.7 Å². The van der Waals surface area contributed by atoms with Gasteiger partial charge in [0.05, 0.1) is 0 Å². The third-order valence-electron chi connectivity index (χ3n) is 4.85. The van der Waals surface area contributed by atoms with E-state index >= 15 is 0 Å². The Kier molecular flexibility index (Phi) is 15.2. The van der Waals surface area contributed by atoms with Crippen LogP contribution in [0.15, 0.2) is 9.98 Å². The molecule has 0 aromatic rings. The van der Waals surface area contributed by atoms with Crippen LogP contribution < -0.4 is 38.9 Å². The molecular weight excluding hydrogens is 498 g/mol. The number of nitrogens with zero attached hydrogens (tertiary/aromatic N) is 2. The molecule has 0 aromatic heterocycles. The summed E-state index contributed by atoms with van der Waals surface area (Å²) in [5.41, 5.74) is 20.4. The number of alkyl carbamates (subject to hydrolysis) is 1. The number of carboxylic acids is 1. The van der Waals surface area contributed by atoms with Crippen molar-refractivity contribution in [1.29, 1.82) is 0 Å². The monoisotopic (exact) mass is 543 g/mol. The Labute approximate surface area is 223 Å². The number of hydrogen-bond donors (Lipinski definition) is 8. The highest BCUT2D eigenvalue weighted by molar-refractivity contribution is 5.92. The highest BCUT2D eigenvalue weighted by Gasteiger charge is 2.30. The Balaban J connectivity index is 5.61. The molecule has 15 heteroatoms. The molecule has 3 amide bonds. The molecular formula is C23H45N9O6. The molecule has 0 radical (unpaired) electrons. The molecule has 0 aromatic carbocycles. The lowest BCUT2D eigenvalue weighted by molar-refractivity contribution is -0.142. The fourth-order valence-corrected chi connectivity index (χ4v) is 3.23. The van der Waals surface area contributed by atoms with Crippen molar-refractivity contribution >= 4 is 35.8 Å². The molecule has 218 valence electrons. The molecule has 15 nitrogen and oxygen atoms in total. The van der Waals surface area contributed by atoms with Gasteiger partial charge in [-0.1, -0.05) is 13.8 Å². The quantitative estimate of drug-likeness (QED) is 0.0674. The van der Waals surface area contributed by atoms with Crippen molar-refractivity contribution in [2.75, 3.05) is 13.1 Å². The van der Waals surface area contributed by atoms with Gasteiger partial charge in [0.2, 0.25) is 11.8 Å². The van der Waals surface area contributed by atoms with Gasteiger partial charge >= 0.3 is 12.1 Å².